The Kier molecular flexibility index (Phi) is 3.10. The summed E-state index contributed by atoms with van der Waals surface area (Å²) in [6.45, 7) is 0. The number of hydrogen-bond donors (Lipinski definition) is 2. The van der Waals surface area contributed by atoms with Crippen molar-refractivity contribution in [2.75, 3.05) is 20.1 Å². The van der Waals surface area contributed by atoms with E-state index in [2.05, 4.69) is 22.8 Å². The standard InChI is InChI=1S/C10H12N4O2S/c1-15-7-5-3-4-6(8(7)16-2)9-12-13-10(17)14(9)11/h3-5H,11H2,1-2H3,(H,13,17). The average Bonchev–Trinajstić information content (AvgIpc) is 2.69. The first kappa shape index (κ1) is 11.6. The Bertz CT molecular complexity index is 541. The summed E-state index contributed by atoms with van der Waals surface area (Å²) >= 11 is 4.07. The monoisotopic (exact) mass is 252 g/mol. The van der Waals surface area contributed by atoms with Crippen LogP contribution in [0.1, 0.15) is 0 Å². The Labute approximate surface area is 104 Å². The summed E-state index contributed by atoms with van der Waals surface area (Å²) in [5.74, 6) is 7.40. The van der Waals surface area contributed by atoms with Crippen molar-refractivity contribution in [2.24, 2.45) is 0 Å². The smallest absolute Gasteiger partial charge is 0.206 e. The zero-order valence-electron chi connectivity index (χ0n) is 9.41. The lowest BCUT2D eigenvalue weighted by Gasteiger charge is -2.11. The van der Waals surface area contributed by atoms with Gasteiger partial charge in [-0.05, 0) is 12.1 Å². The summed E-state index contributed by atoms with van der Waals surface area (Å²) in [6, 6.07) is 5.44. The summed E-state index contributed by atoms with van der Waals surface area (Å²) in [5.41, 5.74) is 0.696. The molecule has 0 aliphatic heterocycles. The Balaban J connectivity index is 2.63. The molecule has 0 aliphatic rings. The Morgan fingerprint density at radius 1 is 1.24 bits per heavy atom. The molecule has 0 radical (unpaired) electrons. The van der Waals surface area contributed by atoms with Crippen molar-refractivity contribution in [2.45, 2.75) is 5.16 Å². The molecule has 0 unspecified atom stereocenters. The first-order valence-electron chi connectivity index (χ1n) is 4.79. The minimum atomic E-state index is 0.324. The molecule has 0 saturated heterocycles. The average molecular weight is 252 g/mol. The van der Waals surface area contributed by atoms with Crippen molar-refractivity contribution < 1.29 is 9.47 Å². The molecule has 7 heteroatoms. The number of methoxy groups -OCH3 is 2. The van der Waals surface area contributed by atoms with Crippen molar-refractivity contribution in [3.8, 4) is 22.9 Å². The Morgan fingerprint density at radius 2 is 2.00 bits per heavy atom. The third-order valence-electron chi connectivity index (χ3n) is 2.32. The van der Waals surface area contributed by atoms with Crippen LogP contribution in [0.4, 0.5) is 0 Å². The van der Waals surface area contributed by atoms with E-state index in [1.54, 1.807) is 20.3 Å². The highest BCUT2D eigenvalue weighted by molar-refractivity contribution is 7.80. The van der Waals surface area contributed by atoms with Crippen molar-refractivity contribution in [1.82, 2.24) is 14.9 Å². The molecule has 0 saturated carbocycles. The summed E-state index contributed by atoms with van der Waals surface area (Å²) in [7, 11) is 3.12. The Hall–Kier alpha value is -1.89. The molecular formula is C10H12N4O2S. The van der Waals surface area contributed by atoms with Crippen LogP contribution in [-0.2, 0) is 0 Å². The Morgan fingerprint density at radius 3 is 2.53 bits per heavy atom. The second-order valence-electron chi connectivity index (χ2n) is 3.23. The van der Waals surface area contributed by atoms with E-state index in [1.807, 2.05) is 12.1 Å². The van der Waals surface area contributed by atoms with E-state index in [4.69, 9.17) is 15.3 Å². The van der Waals surface area contributed by atoms with Crippen LogP contribution >= 0.6 is 12.6 Å². The van der Waals surface area contributed by atoms with E-state index in [9.17, 15) is 0 Å². The number of aromatic nitrogens is 3. The minimum absolute atomic E-state index is 0.324. The normalized spacial score (nSPS) is 10.3. The van der Waals surface area contributed by atoms with Crippen molar-refractivity contribution in [3.63, 3.8) is 0 Å². The van der Waals surface area contributed by atoms with E-state index in [0.717, 1.165) is 0 Å². The highest BCUT2D eigenvalue weighted by atomic mass is 32.1. The van der Waals surface area contributed by atoms with Gasteiger partial charge in [-0.25, -0.2) is 4.68 Å². The van der Waals surface area contributed by atoms with Crippen LogP contribution in [0, 0.1) is 0 Å². The van der Waals surface area contributed by atoms with Gasteiger partial charge in [-0.3, -0.25) is 0 Å². The number of para-hydroxylation sites is 1. The highest BCUT2D eigenvalue weighted by Gasteiger charge is 2.17. The van der Waals surface area contributed by atoms with Gasteiger partial charge in [0.15, 0.2) is 17.3 Å². The molecule has 0 bridgehead atoms. The second-order valence-corrected chi connectivity index (χ2v) is 3.63. The first-order chi connectivity index (χ1) is 8.19. The van der Waals surface area contributed by atoms with Gasteiger partial charge in [-0.2, -0.15) is 0 Å². The topological polar surface area (TPSA) is 75.2 Å². The van der Waals surface area contributed by atoms with E-state index in [-0.39, 0.29) is 0 Å². The number of benzene rings is 1. The first-order valence-corrected chi connectivity index (χ1v) is 5.24. The van der Waals surface area contributed by atoms with Gasteiger partial charge in [-0.1, -0.05) is 6.07 Å². The maximum atomic E-state index is 5.77. The van der Waals surface area contributed by atoms with E-state index in [1.165, 1.54) is 4.68 Å². The fourth-order valence-corrected chi connectivity index (χ4v) is 1.67. The molecule has 90 valence electrons. The predicted octanol–water partition coefficient (Wildman–Crippen LogP) is 0.965. The van der Waals surface area contributed by atoms with Gasteiger partial charge >= 0.3 is 0 Å². The summed E-state index contributed by atoms with van der Waals surface area (Å²) in [6.07, 6.45) is 0. The van der Waals surface area contributed by atoms with Gasteiger partial charge < -0.3 is 15.3 Å². The van der Waals surface area contributed by atoms with Crippen molar-refractivity contribution >= 4 is 12.6 Å². The third-order valence-corrected chi connectivity index (χ3v) is 2.63. The molecule has 0 atom stereocenters. The third kappa shape index (κ3) is 1.89. The van der Waals surface area contributed by atoms with Crippen LogP contribution < -0.4 is 15.3 Å². The van der Waals surface area contributed by atoms with E-state index >= 15 is 0 Å². The van der Waals surface area contributed by atoms with Crippen LogP contribution in [0.3, 0.4) is 0 Å². The number of nitrogen functional groups attached to an aromatic ring is 1. The van der Waals surface area contributed by atoms with Gasteiger partial charge in [0.2, 0.25) is 5.16 Å². The molecule has 0 aliphatic carbocycles. The zero-order chi connectivity index (χ0) is 12.4. The van der Waals surface area contributed by atoms with Crippen LogP contribution in [0.2, 0.25) is 0 Å². The molecule has 0 fully saturated rings. The fraction of sp³-hybridized carbons (Fsp3) is 0.200. The zero-order valence-corrected chi connectivity index (χ0v) is 10.3. The second kappa shape index (κ2) is 4.54. The molecule has 2 aromatic rings. The highest BCUT2D eigenvalue weighted by Crippen LogP contribution is 2.36. The lowest BCUT2D eigenvalue weighted by Crippen LogP contribution is -2.11. The van der Waals surface area contributed by atoms with E-state index < -0.39 is 0 Å². The lowest BCUT2D eigenvalue weighted by molar-refractivity contribution is 0.356. The van der Waals surface area contributed by atoms with Crippen molar-refractivity contribution in [3.05, 3.63) is 18.2 Å². The molecule has 2 N–H and O–H groups in total. The molecule has 1 aromatic heterocycles. The van der Waals surface area contributed by atoms with E-state index in [0.29, 0.717) is 28.0 Å². The maximum Gasteiger partial charge on any atom is 0.206 e. The number of rotatable bonds is 3. The molecule has 17 heavy (non-hydrogen) atoms. The SMILES string of the molecule is COc1cccc(-c2nnc(S)n2N)c1OC. The maximum absolute atomic E-state index is 5.77. The number of nitrogens with two attached hydrogens (primary N) is 1. The van der Waals surface area contributed by atoms with Crippen LogP contribution in [0.25, 0.3) is 11.4 Å². The predicted molar refractivity (Wildman–Crippen MR) is 66.0 cm³/mol. The molecule has 1 aromatic carbocycles. The molecule has 1 heterocycles. The van der Waals surface area contributed by atoms with Gasteiger partial charge in [0.25, 0.3) is 0 Å². The molecule has 6 nitrogen and oxygen atoms in total. The molecule has 2 rings (SSSR count). The largest absolute Gasteiger partial charge is 0.493 e. The summed E-state index contributed by atoms with van der Waals surface area (Å²) in [4.78, 5) is 0. The van der Waals surface area contributed by atoms with Gasteiger partial charge in [0, 0.05) is 0 Å². The number of thiol groups is 1. The fourth-order valence-electron chi connectivity index (χ4n) is 1.53. The molecule has 0 spiro atoms. The summed E-state index contributed by atoms with van der Waals surface area (Å²) < 4.78 is 11.8. The quantitative estimate of drug-likeness (QED) is 0.628. The molecule has 0 amide bonds. The lowest BCUT2D eigenvalue weighted by atomic mass is 10.1. The van der Waals surface area contributed by atoms with Crippen LogP contribution in [0.5, 0.6) is 11.5 Å². The number of hydrogen-bond acceptors (Lipinski definition) is 6. The van der Waals surface area contributed by atoms with Gasteiger partial charge in [-0.15, -0.1) is 22.8 Å². The van der Waals surface area contributed by atoms with Crippen LogP contribution in [-0.4, -0.2) is 29.1 Å². The number of nitrogens with zero attached hydrogens (tertiary/aromatic N) is 3. The van der Waals surface area contributed by atoms with Crippen molar-refractivity contribution in [1.29, 1.82) is 0 Å². The molecular weight excluding hydrogens is 240 g/mol. The number of ether oxygens (including phenoxy) is 2. The van der Waals surface area contributed by atoms with Crippen LogP contribution in [0.15, 0.2) is 23.4 Å². The van der Waals surface area contributed by atoms with Gasteiger partial charge in [0.05, 0.1) is 19.8 Å². The minimum Gasteiger partial charge on any atom is -0.493 e. The summed E-state index contributed by atoms with van der Waals surface area (Å²) in [5, 5.41) is 8.05. The van der Waals surface area contributed by atoms with Gasteiger partial charge in [0.1, 0.15) is 0 Å².